The molecule has 4 heterocycles. The standard InChI is InChI=1S/C43H27N5/c1-6-19-36-31(14-1)32-15-2-7-20-37(32)45(36)28-12-11-13-29(26-28)47-41-25-24-30(27-42(41)48-40-23-10-5-18-35(40)44-43(47)48)46-38-21-8-3-16-33(38)34-17-4-9-22-39(34)46/h1-27H. The van der Waals surface area contributed by atoms with E-state index in [-0.39, 0.29) is 0 Å². The van der Waals surface area contributed by atoms with Gasteiger partial charge in [0.25, 0.3) is 0 Å². The molecule has 0 saturated carbocycles. The van der Waals surface area contributed by atoms with Gasteiger partial charge in [-0.1, -0.05) is 91.0 Å². The second-order valence-corrected chi connectivity index (χ2v) is 12.5. The van der Waals surface area contributed by atoms with E-state index >= 15 is 0 Å². The van der Waals surface area contributed by atoms with Crippen molar-refractivity contribution in [3.05, 3.63) is 164 Å². The first-order valence-electron chi connectivity index (χ1n) is 16.3. The van der Waals surface area contributed by atoms with Crippen molar-refractivity contribution >= 4 is 71.5 Å². The van der Waals surface area contributed by atoms with Gasteiger partial charge in [0, 0.05) is 32.9 Å². The number of hydrogen-bond acceptors (Lipinski definition) is 1. The molecule has 0 unspecified atom stereocenters. The summed E-state index contributed by atoms with van der Waals surface area (Å²) >= 11 is 0. The molecule has 48 heavy (non-hydrogen) atoms. The fraction of sp³-hybridized carbons (Fsp3) is 0. The van der Waals surface area contributed by atoms with E-state index in [4.69, 9.17) is 4.98 Å². The van der Waals surface area contributed by atoms with Crippen LogP contribution in [0.2, 0.25) is 0 Å². The summed E-state index contributed by atoms with van der Waals surface area (Å²) in [5.41, 5.74) is 12.4. The summed E-state index contributed by atoms with van der Waals surface area (Å²) in [5.74, 6) is 0.893. The van der Waals surface area contributed by atoms with Gasteiger partial charge in [-0.15, -0.1) is 0 Å². The molecule has 0 fully saturated rings. The summed E-state index contributed by atoms with van der Waals surface area (Å²) in [7, 11) is 0. The van der Waals surface area contributed by atoms with E-state index in [1.807, 2.05) is 0 Å². The molecule has 224 valence electrons. The third kappa shape index (κ3) is 3.37. The first-order chi connectivity index (χ1) is 23.8. The van der Waals surface area contributed by atoms with Crippen LogP contribution in [0.4, 0.5) is 0 Å². The molecule has 0 atom stereocenters. The number of benzene rings is 7. The minimum Gasteiger partial charge on any atom is -0.309 e. The predicted molar refractivity (Wildman–Crippen MR) is 198 cm³/mol. The molecule has 0 radical (unpaired) electrons. The van der Waals surface area contributed by atoms with Crippen LogP contribution in [0.5, 0.6) is 0 Å². The highest BCUT2D eigenvalue weighted by Crippen LogP contribution is 2.37. The summed E-state index contributed by atoms with van der Waals surface area (Å²) in [6, 6.07) is 58.8. The van der Waals surface area contributed by atoms with E-state index in [0.29, 0.717) is 0 Å². The summed E-state index contributed by atoms with van der Waals surface area (Å²) in [6.07, 6.45) is 0. The van der Waals surface area contributed by atoms with Crippen LogP contribution in [-0.4, -0.2) is 23.1 Å². The van der Waals surface area contributed by atoms with Crippen molar-refractivity contribution < 1.29 is 0 Å². The van der Waals surface area contributed by atoms with E-state index in [0.717, 1.165) is 44.9 Å². The van der Waals surface area contributed by atoms with Gasteiger partial charge in [0.1, 0.15) is 0 Å². The molecule has 11 rings (SSSR count). The van der Waals surface area contributed by atoms with Crippen molar-refractivity contribution in [2.75, 3.05) is 0 Å². The molecule has 7 aromatic carbocycles. The summed E-state index contributed by atoms with van der Waals surface area (Å²) in [4.78, 5) is 5.23. The Balaban J connectivity index is 1.20. The summed E-state index contributed by atoms with van der Waals surface area (Å²) in [6.45, 7) is 0. The van der Waals surface area contributed by atoms with Crippen molar-refractivity contribution in [2.45, 2.75) is 0 Å². The highest BCUT2D eigenvalue weighted by Gasteiger charge is 2.20. The number of fused-ring (bicyclic) bond motifs is 11. The second kappa shape index (κ2) is 9.47. The van der Waals surface area contributed by atoms with E-state index in [1.165, 1.54) is 43.6 Å². The van der Waals surface area contributed by atoms with Crippen molar-refractivity contribution in [3.63, 3.8) is 0 Å². The zero-order valence-electron chi connectivity index (χ0n) is 25.8. The predicted octanol–water partition coefficient (Wildman–Crippen LogP) is 10.6. The molecule has 0 bridgehead atoms. The van der Waals surface area contributed by atoms with Gasteiger partial charge >= 0.3 is 0 Å². The van der Waals surface area contributed by atoms with E-state index < -0.39 is 0 Å². The average molecular weight is 614 g/mol. The van der Waals surface area contributed by atoms with E-state index in [9.17, 15) is 0 Å². The maximum absolute atomic E-state index is 5.23. The van der Waals surface area contributed by atoms with E-state index in [2.05, 4.69) is 182 Å². The Morgan fingerprint density at radius 1 is 0.312 bits per heavy atom. The van der Waals surface area contributed by atoms with Gasteiger partial charge in [0.2, 0.25) is 5.78 Å². The maximum Gasteiger partial charge on any atom is 0.220 e. The molecular formula is C43H27N5. The van der Waals surface area contributed by atoms with Crippen LogP contribution >= 0.6 is 0 Å². The highest BCUT2D eigenvalue weighted by atomic mass is 15.2. The molecule has 4 aromatic heterocycles. The molecule has 0 aliphatic carbocycles. The Labute approximate surface area is 274 Å². The number of para-hydroxylation sites is 6. The summed E-state index contributed by atoms with van der Waals surface area (Å²) < 4.78 is 9.38. The fourth-order valence-corrected chi connectivity index (χ4v) is 7.95. The van der Waals surface area contributed by atoms with Gasteiger partial charge in [-0.3, -0.25) is 8.97 Å². The lowest BCUT2D eigenvalue weighted by Gasteiger charge is -2.12. The zero-order chi connectivity index (χ0) is 31.3. The van der Waals surface area contributed by atoms with Crippen molar-refractivity contribution in [1.29, 1.82) is 0 Å². The van der Waals surface area contributed by atoms with Gasteiger partial charge in [-0.2, -0.15) is 0 Å². The van der Waals surface area contributed by atoms with Crippen molar-refractivity contribution in [1.82, 2.24) is 23.1 Å². The molecule has 5 heteroatoms. The van der Waals surface area contributed by atoms with Crippen LogP contribution < -0.4 is 0 Å². The Morgan fingerprint density at radius 2 is 0.771 bits per heavy atom. The van der Waals surface area contributed by atoms with Crippen LogP contribution in [0.3, 0.4) is 0 Å². The van der Waals surface area contributed by atoms with Gasteiger partial charge in [0.15, 0.2) is 0 Å². The average Bonchev–Trinajstić information content (AvgIpc) is 3.87. The molecule has 11 aromatic rings. The molecule has 0 aliphatic heterocycles. The van der Waals surface area contributed by atoms with Gasteiger partial charge in [0.05, 0.1) is 49.8 Å². The fourth-order valence-electron chi connectivity index (χ4n) is 7.95. The lowest BCUT2D eigenvalue weighted by Crippen LogP contribution is -1.99. The second-order valence-electron chi connectivity index (χ2n) is 12.5. The summed E-state index contributed by atoms with van der Waals surface area (Å²) in [5, 5.41) is 5.02. The number of imidazole rings is 2. The largest absolute Gasteiger partial charge is 0.309 e. The molecule has 5 nitrogen and oxygen atoms in total. The van der Waals surface area contributed by atoms with Gasteiger partial charge in [-0.25, -0.2) is 4.98 Å². The minimum absolute atomic E-state index is 0.893. The van der Waals surface area contributed by atoms with Crippen molar-refractivity contribution in [2.24, 2.45) is 0 Å². The number of rotatable bonds is 3. The number of nitrogens with zero attached hydrogens (tertiary/aromatic N) is 5. The first kappa shape index (κ1) is 25.6. The first-order valence-corrected chi connectivity index (χ1v) is 16.3. The van der Waals surface area contributed by atoms with Crippen molar-refractivity contribution in [3.8, 4) is 17.1 Å². The Hall–Kier alpha value is -6.59. The quantitative estimate of drug-likeness (QED) is 0.195. The van der Waals surface area contributed by atoms with Gasteiger partial charge < -0.3 is 9.13 Å². The smallest absolute Gasteiger partial charge is 0.220 e. The van der Waals surface area contributed by atoms with Crippen LogP contribution in [-0.2, 0) is 0 Å². The normalized spacial score (nSPS) is 12.2. The molecular weight excluding hydrogens is 587 g/mol. The number of hydrogen-bond donors (Lipinski definition) is 0. The van der Waals surface area contributed by atoms with E-state index in [1.54, 1.807) is 0 Å². The molecule has 0 N–H and O–H groups in total. The molecule has 0 aliphatic rings. The zero-order valence-corrected chi connectivity index (χ0v) is 25.8. The van der Waals surface area contributed by atoms with Crippen LogP contribution in [0.15, 0.2) is 164 Å². The molecule has 0 spiro atoms. The maximum atomic E-state index is 5.23. The number of aromatic nitrogens is 5. The Bertz CT molecular complexity index is 2970. The minimum atomic E-state index is 0.893. The van der Waals surface area contributed by atoms with Gasteiger partial charge in [-0.05, 0) is 72.8 Å². The highest BCUT2D eigenvalue weighted by molar-refractivity contribution is 6.10. The Morgan fingerprint density at radius 3 is 1.33 bits per heavy atom. The van der Waals surface area contributed by atoms with Crippen LogP contribution in [0.25, 0.3) is 88.5 Å². The monoisotopic (exact) mass is 613 g/mol. The lowest BCUT2D eigenvalue weighted by molar-refractivity contribution is 1.09. The third-order valence-electron chi connectivity index (χ3n) is 9.95. The lowest BCUT2D eigenvalue weighted by atomic mass is 10.2. The van der Waals surface area contributed by atoms with Crippen LogP contribution in [0.1, 0.15) is 0 Å². The Kier molecular flexibility index (Phi) is 5.05. The topological polar surface area (TPSA) is 32.1 Å². The molecule has 0 amide bonds. The SMILES string of the molecule is c1cc(-n2c3ccccc3c3ccccc32)cc(-n2c3ccc(-n4c5ccccc5c5ccccc54)cc3n3c4ccccc4nc23)c1. The molecule has 0 saturated heterocycles. The third-order valence-corrected chi connectivity index (χ3v) is 9.95. The van der Waals surface area contributed by atoms with Crippen LogP contribution in [0, 0.1) is 0 Å².